The van der Waals surface area contributed by atoms with E-state index in [-0.39, 0.29) is 5.28 Å². The summed E-state index contributed by atoms with van der Waals surface area (Å²) in [5.41, 5.74) is 1.62. The Balaban J connectivity index is 1.93. The summed E-state index contributed by atoms with van der Waals surface area (Å²) in [6, 6.07) is 0. The first-order valence-electron chi connectivity index (χ1n) is 6.84. The fraction of sp³-hybridized carbons (Fsp3) is 0.615. The van der Waals surface area contributed by atoms with Gasteiger partial charge in [-0.1, -0.05) is 19.3 Å². The van der Waals surface area contributed by atoms with Crippen LogP contribution < -0.4 is 5.32 Å². The fourth-order valence-electron chi connectivity index (χ4n) is 2.87. The zero-order chi connectivity index (χ0) is 13.2. The Labute approximate surface area is 117 Å². The minimum absolute atomic E-state index is 0.266. The third kappa shape index (κ3) is 2.52. The molecule has 1 N–H and O–H groups in total. The molecule has 0 bridgehead atoms. The first-order valence-corrected chi connectivity index (χ1v) is 7.22. The monoisotopic (exact) mass is 279 g/mol. The molecule has 0 aromatic carbocycles. The van der Waals surface area contributed by atoms with Gasteiger partial charge in [-0.25, -0.2) is 4.98 Å². The lowest BCUT2D eigenvalue weighted by molar-refractivity contribution is 0.321. The molecule has 1 aliphatic carbocycles. The quantitative estimate of drug-likeness (QED) is 0.877. The van der Waals surface area contributed by atoms with Gasteiger partial charge in [-0.15, -0.1) is 0 Å². The normalized spacial score (nSPS) is 16.9. The number of anilines is 1. The maximum atomic E-state index is 5.97. The lowest BCUT2D eigenvalue weighted by atomic mass is 9.89. The summed E-state index contributed by atoms with van der Waals surface area (Å²) in [5.74, 6) is 1.43. The van der Waals surface area contributed by atoms with Crippen LogP contribution in [0.15, 0.2) is 6.33 Å². The summed E-state index contributed by atoms with van der Waals surface area (Å²) < 4.78 is 2.11. The molecule has 0 unspecified atom stereocenters. The summed E-state index contributed by atoms with van der Waals surface area (Å²) in [5, 5.41) is 3.28. The standard InChI is InChI=1S/C13H18ClN5/c1-15-11-10-12(18-13(14)17-11)19(8-16-10)7-9-5-3-2-4-6-9/h8-9H,2-7H2,1H3,(H,15,17,18). The first-order chi connectivity index (χ1) is 9.28. The van der Waals surface area contributed by atoms with Crippen LogP contribution >= 0.6 is 11.6 Å². The molecule has 5 nitrogen and oxygen atoms in total. The molecular weight excluding hydrogens is 262 g/mol. The predicted octanol–water partition coefficient (Wildman–Crippen LogP) is 3.10. The Hall–Kier alpha value is -1.36. The number of rotatable bonds is 3. The Kier molecular flexibility index (Phi) is 3.55. The van der Waals surface area contributed by atoms with E-state index >= 15 is 0 Å². The van der Waals surface area contributed by atoms with Gasteiger partial charge >= 0.3 is 0 Å². The van der Waals surface area contributed by atoms with Gasteiger partial charge in [0, 0.05) is 13.6 Å². The second-order valence-electron chi connectivity index (χ2n) is 5.16. The highest BCUT2D eigenvalue weighted by atomic mass is 35.5. The van der Waals surface area contributed by atoms with Crippen molar-refractivity contribution in [2.75, 3.05) is 12.4 Å². The fourth-order valence-corrected chi connectivity index (χ4v) is 3.04. The van der Waals surface area contributed by atoms with Crippen LogP contribution in [0.3, 0.4) is 0 Å². The molecule has 1 fully saturated rings. The lowest BCUT2D eigenvalue weighted by Gasteiger charge is -2.21. The molecular formula is C13H18ClN5. The molecule has 102 valence electrons. The molecule has 2 aromatic heterocycles. The number of imidazole rings is 1. The SMILES string of the molecule is CNc1nc(Cl)nc2c1ncn2CC1CCCCC1. The highest BCUT2D eigenvalue weighted by Crippen LogP contribution is 2.27. The van der Waals surface area contributed by atoms with Gasteiger partial charge in [0.15, 0.2) is 17.0 Å². The van der Waals surface area contributed by atoms with Gasteiger partial charge in [0.1, 0.15) is 0 Å². The smallest absolute Gasteiger partial charge is 0.226 e. The summed E-state index contributed by atoms with van der Waals surface area (Å²) in [7, 11) is 1.82. The van der Waals surface area contributed by atoms with E-state index in [1.807, 2.05) is 13.4 Å². The largest absolute Gasteiger partial charge is 0.371 e. The van der Waals surface area contributed by atoms with E-state index in [2.05, 4.69) is 24.8 Å². The maximum Gasteiger partial charge on any atom is 0.226 e. The van der Waals surface area contributed by atoms with Crippen LogP contribution in [0.2, 0.25) is 5.28 Å². The van der Waals surface area contributed by atoms with Gasteiger partial charge in [0.25, 0.3) is 0 Å². The minimum atomic E-state index is 0.266. The van der Waals surface area contributed by atoms with Crippen LogP contribution in [0.25, 0.3) is 11.2 Å². The molecule has 0 radical (unpaired) electrons. The van der Waals surface area contributed by atoms with Crippen LogP contribution in [-0.4, -0.2) is 26.6 Å². The van der Waals surface area contributed by atoms with Crippen molar-refractivity contribution in [2.45, 2.75) is 38.6 Å². The Morgan fingerprint density at radius 3 is 2.84 bits per heavy atom. The van der Waals surface area contributed by atoms with Crippen LogP contribution in [0, 0.1) is 5.92 Å². The second kappa shape index (κ2) is 5.33. The molecule has 6 heteroatoms. The number of aromatic nitrogens is 4. The molecule has 1 aliphatic rings. The average molecular weight is 280 g/mol. The first kappa shape index (κ1) is 12.7. The lowest BCUT2D eigenvalue weighted by Crippen LogP contribution is -2.14. The van der Waals surface area contributed by atoms with Crippen LogP contribution in [0.4, 0.5) is 5.82 Å². The molecule has 19 heavy (non-hydrogen) atoms. The van der Waals surface area contributed by atoms with Gasteiger partial charge in [0.05, 0.1) is 6.33 Å². The highest BCUT2D eigenvalue weighted by molar-refractivity contribution is 6.28. The molecule has 0 atom stereocenters. The van der Waals surface area contributed by atoms with E-state index in [9.17, 15) is 0 Å². The second-order valence-corrected chi connectivity index (χ2v) is 5.50. The van der Waals surface area contributed by atoms with E-state index in [0.717, 1.165) is 23.6 Å². The molecule has 2 heterocycles. The summed E-state index contributed by atoms with van der Waals surface area (Å²) in [6.07, 6.45) is 8.52. The third-order valence-corrected chi connectivity index (χ3v) is 4.02. The molecule has 1 saturated carbocycles. The van der Waals surface area contributed by atoms with Gasteiger partial charge in [-0.3, -0.25) is 0 Å². The summed E-state index contributed by atoms with van der Waals surface area (Å²) in [4.78, 5) is 12.9. The van der Waals surface area contributed by atoms with Crippen molar-refractivity contribution in [3.05, 3.63) is 11.6 Å². The molecule has 3 rings (SSSR count). The van der Waals surface area contributed by atoms with E-state index in [4.69, 9.17) is 11.6 Å². The highest BCUT2D eigenvalue weighted by Gasteiger charge is 2.17. The van der Waals surface area contributed by atoms with Gasteiger partial charge in [0.2, 0.25) is 5.28 Å². The number of hydrogen-bond donors (Lipinski definition) is 1. The summed E-state index contributed by atoms with van der Waals surface area (Å²) >= 11 is 5.97. The van der Waals surface area contributed by atoms with Crippen molar-refractivity contribution in [3.8, 4) is 0 Å². The average Bonchev–Trinajstić information content (AvgIpc) is 2.82. The van der Waals surface area contributed by atoms with Gasteiger partial charge in [-0.05, 0) is 30.4 Å². The van der Waals surface area contributed by atoms with Crippen molar-refractivity contribution in [3.63, 3.8) is 0 Å². The molecule has 2 aromatic rings. The van der Waals surface area contributed by atoms with Crippen molar-refractivity contribution < 1.29 is 0 Å². The molecule has 0 spiro atoms. The number of hydrogen-bond acceptors (Lipinski definition) is 4. The van der Waals surface area contributed by atoms with E-state index in [0.29, 0.717) is 5.82 Å². The zero-order valence-corrected chi connectivity index (χ0v) is 11.8. The van der Waals surface area contributed by atoms with Crippen molar-refractivity contribution in [1.82, 2.24) is 19.5 Å². The number of fused-ring (bicyclic) bond motifs is 1. The van der Waals surface area contributed by atoms with Crippen molar-refractivity contribution in [2.24, 2.45) is 5.92 Å². The third-order valence-electron chi connectivity index (χ3n) is 3.85. The van der Waals surface area contributed by atoms with E-state index < -0.39 is 0 Å². The Bertz CT molecular complexity index is 574. The van der Waals surface area contributed by atoms with Gasteiger partial charge in [-0.2, -0.15) is 9.97 Å². The maximum absolute atomic E-state index is 5.97. The van der Waals surface area contributed by atoms with Gasteiger partial charge < -0.3 is 9.88 Å². The van der Waals surface area contributed by atoms with Crippen LogP contribution in [0.5, 0.6) is 0 Å². The van der Waals surface area contributed by atoms with E-state index in [1.54, 1.807) is 0 Å². The van der Waals surface area contributed by atoms with E-state index in [1.165, 1.54) is 32.1 Å². The minimum Gasteiger partial charge on any atom is -0.371 e. The number of nitrogens with zero attached hydrogens (tertiary/aromatic N) is 4. The topological polar surface area (TPSA) is 55.6 Å². The van der Waals surface area contributed by atoms with Crippen molar-refractivity contribution in [1.29, 1.82) is 0 Å². The Morgan fingerprint density at radius 1 is 1.32 bits per heavy atom. The zero-order valence-electron chi connectivity index (χ0n) is 11.1. The molecule has 0 amide bonds. The van der Waals surface area contributed by atoms with Crippen LogP contribution in [-0.2, 0) is 6.54 Å². The predicted molar refractivity (Wildman–Crippen MR) is 76.5 cm³/mol. The number of nitrogens with one attached hydrogen (secondary N) is 1. The molecule has 0 saturated heterocycles. The Morgan fingerprint density at radius 2 is 2.11 bits per heavy atom. The summed E-state index contributed by atoms with van der Waals surface area (Å²) in [6.45, 7) is 0.979. The molecule has 0 aliphatic heterocycles. The van der Waals surface area contributed by atoms with Crippen LogP contribution in [0.1, 0.15) is 32.1 Å². The van der Waals surface area contributed by atoms with Crippen molar-refractivity contribution >= 4 is 28.6 Å². The number of halogens is 1.